The Labute approximate surface area is 114 Å². The Morgan fingerprint density at radius 3 is 2.79 bits per heavy atom. The molecule has 19 heavy (non-hydrogen) atoms. The number of nitrogens with zero attached hydrogens (tertiary/aromatic N) is 2. The molecule has 0 atom stereocenters. The van der Waals surface area contributed by atoms with Crippen LogP contribution in [0.25, 0.3) is 0 Å². The van der Waals surface area contributed by atoms with Crippen molar-refractivity contribution in [1.29, 1.82) is 0 Å². The monoisotopic (exact) mass is 269 g/mol. The molecule has 0 aromatic rings. The van der Waals surface area contributed by atoms with E-state index >= 15 is 0 Å². The molecule has 0 aromatic heterocycles. The largest absolute Gasteiger partial charge is 0.453 e. The van der Waals surface area contributed by atoms with Gasteiger partial charge in [0.05, 0.1) is 25.8 Å². The van der Waals surface area contributed by atoms with E-state index < -0.39 is 6.09 Å². The molecule has 108 valence electrons. The van der Waals surface area contributed by atoms with E-state index in [1.807, 2.05) is 0 Å². The first-order valence-corrected chi connectivity index (χ1v) is 6.86. The number of unbranched alkanes of at least 4 members (excludes halogenated alkanes) is 4. The highest BCUT2D eigenvalue weighted by Gasteiger charge is 2.23. The molecular weight excluding hydrogens is 246 g/mol. The van der Waals surface area contributed by atoms with E-state index in [0.29, 0.717) is 18.7 Å². The molecule has 0 aromatic carbocycles. The number of amides is 2. The number of carbonyl (C=O) groups is 2. The normalized spacial score (nSPS) is 14.5. The fourth-order valence-electron chi connectivity index (χ4n) is 1.91. The van der Waals surface area contributed by atoms with Crippen LogP contribution in [0.3, 0.4) is 0 Å². The molecule has 0 saturated carbocycles. The molecule has 6 heteroatoms. The molecule has 1 N–H and O–H groups in total. The molecule has 2 amide bonds. The average Bonchev–Trinajstić information content (AvgIpc) is 2.76. The van der Waals surface area contributed by atoms with Crippen molar-refractivity contribution < 1.29 is 14.3 Å². The van der Waals surface area contributed by atoms with Crippen LogP contribution in [0.1, 0.15) is 45.4 Å². The SMILES string of the molecule is CCCCCCCN1N=C(CNC(=O)OC)CC1=O. The van der Waals surface area contributed by atoms with Gasteiger partial charge < -0.3 is 10.1 Å². The van der Waals surface area contributed by atoms with Crippen molar-refractivity contribution >= 4 is 17.7 Å². The summed E-state index contributed by atoms with van der Waals surface area (Å²) in [6.45, 7) is 3.11. The Bertz CT molecular complexity index is 342. The lowest BCUT2D eigenvalue weighted by atomic mass is 10.1. The predicted molar refractivity (Wildman–Crippen MR) is 72.9 cm³/mol. The van der Waals surface area contributed by atoms with Crippen LogP contribution in [0.15, 0.2) is 5.10 Å². The summed E-state index contributed by atoms with van der Waals surface area (Å²) < 4.78 is 4.46. The van der Waals surface area contributed by atoms with Crippen LogP contribution in [0.5, 0.6) is 0 Å². The Kier molecular flexibility index (Phi) is 6.92. The van der Waals surface area contributed by atoms with E-state index in [-0.39, 0.29) is 12.5 Å². The molecule has 0 unspecified atom stereocenters. The maximum absolute atomic E-state index is 11.7. The molecule has 0 bridgehead atoms. The van der Waals surface area contributed by atoms with Crippen LogP contribution in [0.4, 0.5) is 4.79 Å². The highest BCUT2D eigenvalue weighted by Crippen LogP contribution is 2.10. The lowest BCUT2D eigenvalue weighted by molar-refractivity contribution is -0.128. The van der Waals surface area contributed by atoms with Crippen molar-refractivity contribution in [1.82, 2.24) is 10.3 Å². The van der Waals surface area contributed by atoms with Crippen molar-refractivity contribution in [3.05, 3.63) is 0 Å². The zero-order valence-corrected chi connectivity index (χ0v) is 11.8. The summed E-state index contributed by atoms with van der Waals surface area (Å²) in [7, 11) is 1.31. The first-order valence-electron chi connectivity index (χ1n) is 6.86. The van der Waals surface area contributed by atoms with Crippen molar-refractivity contribution in [3.63, 3.8) is 0 Å². The third-order valence-corrected chi connectivity index (χ3v) is 3.00. The number of hydrazone groups is 1. The smallest absolute Gasteiger partial charge is 0.407 e. The van der Waals surface area contributed by atoms with Gasteiger partial charge in [-0.15, -0.1) is 0 Å². The number of alkyl carbamates (subject to hydrolysis) is 1. The topological polar surface area (TPSA) is 71.0 Å². The fraction of sp³-hybridized carbons (Fsp3) is 0.769. The number of rotatable bonds is 8. The first kappa shape index (κ1) is 15.5. The van der Waals surface area contributed by atoms with Gasteiger partial charge in [-0.1, -0.05) is 32.6 Å². The number of methoxy groups -OCH3 is 1. The highest BCUT2D eigenvalue weighted by atomic mass is 16.5. The third kappa shape index (κ3) is 5.72. The number of hydrogen-bond acceptors (Lipinski definition) is 4. The van der Waals surface area contributed by atoms with Gasteiger partial charge in [0, 0.05) is 6.54 Å². The summed E-state index contributed by atoms with van der Waals surface area (Å²) in [4.78, 5) is 22.6. The van der Waals surface area contributed by atoms with E-state index in [1.165, 1.54) is 31.4 Å². The van der Waals surface area contributed by atoms with E-state index in [2.05, 4.69) is 22.1 Å². The van der Waals surface area contributed by atoms with Crippen LogP contribution in [0.2, 0.25) is 0 Å². The number of nitrogens with one attached hydrogen (secondary N) is 1. The van der Waals surface area contributed by atoms with E-state index in [0.717, 1.165) is 12.8 Å². The minimum Gasteiger partial charge on any atom is -0.453 e. The zero-order valence-electron chi connectivity index (χ0n) is 11.8. The number of carbonyl (C=O) groups excluding carboxylic acids is 2. The third-order valence-electron chi connectivity index (χ3n) is 3.00. The standard InChI is InChI=1S/C13H23N3O3/c1-3-4-5-6-7-8-16-12(17)9-11(15-16)10-14-13(18)19-2/h3-10H2,1-2H3,(H,14,18). The van der Waals surface area contributed by atoms with Gasteiger partial charge in [0.2, 0.25) is 5.91 Å². The van der Waals surface area contributed by atoms with Crippen molar-refractivity contribution in [2.24, 2.45) is 5.10 Å². The minimum atomic E-state index is -0.506. The second-order valence-corrected chi connectivity index (χ2v) is 4.62. The molecule has 0 radical (unpaired) electrons. The second kappa shape index (κ2) is 8.50. The van der Waals surface area contributed by atoms with Gasteiger partial charge in [-0.05, 0) is 6.42 Å². The molecule has 1 rings (SSSR count). The van der Waals surface area contributed by atoms with Gasteiger partial charge in [0.1, 0.15) is 0 Å². The maximum Gasteiger partial charge on any atom is 0.407 e. The van der Waals surface area contributed by atoms with Crippen molar-refractivity contribution in [3.8, 4) is 0 Å². The molecule has 1 aliphatic heterocycles. The molecule has 1 aliphatic rings. The molecule has 0 spiro atoms. The number of hydrogen-bond donors (Lipinski definition) is 1. The molecule has 1 heterocycles. The summed E-state index contributed by atoms with van der Waals surface area (Å²) in [5, 5.41) is 8.27. The molecule has 0 aliphatic carbocycles. The van der Waals surface area contributed by atoms with Crippen LogP contribution < -0.4 is 5.32 Å². The van der Waals surface area contributed by atoms with Crippen LogP contribution in [-0.4, -0.2) is 42.9 Å². The lowest BCUT2D eigenvalue weighted by Gasteiger charge is -2.10. The van der Waals surface area contributed by atoms with Gasteiger partial charge in [0.25, 0.3) is 0 Å². The van der Waals surface area contributed by atoms with Gasteiger partial charge in [-0.25, -0.2) is 9.80 Å². The Balaban J connectivity index is 2.24. The van der Waals surface area contributed by atoms with Gasteiger partial charge in [-0.3, -0.25) is 4.79 Å². The molecular formula is C13H23N3O3. The van der Waals surface area contributed by atoms with Crippen molar-refractivity contribution in [2.45, 2.75) is 45.4 Å². The molecule has 6 nitrogen and oxygen atoms in total. The number of ether oxygens (including phenoxy) is 1. The quantitative estimate of drug-likeness (QED) is 0.684. The predicted octanol–water partition coefficient (Wildman–Crippen LogP) is 1.90. The van der Waals surface area contributed by atoms with Gasteiger partial charge in [0.15, 0.2) is 0 Å². The summed E-state index contributed by atoms with van der Waals surface area (Å²) in [5.74, 6) is 0.0113. The Morgan fingerprint density at radius 1 is 1.37 bits per heavy atom. The van der Waals surface area contributed by atoms with Crippen LogP contribution in [0, 0.1) is 0 Å². The summed E-state index contributed by atoms with van der Waals surface area (Å²) in [6, 6.07) is 0. The summed E-state index contributed by atoms with van der Waals surface area (Å²) >= 11 is 0. The molecule has 0 fully saturated rings. The van der Waals surface area contributed by atoms with E-state index in [1.54, 1.807) is 0 Å². The zero-order chi connectivity index (χ0) is 14.1. The van der Waals surface area contributed by atoms with E-state index in [9.17, 15) is 9.59 Å². The van der Waals surface area contributed by atoms with Crippen LogP contribution in [-0.2, 0) is 9.53 Å². The molecule has 0 saturated heterocycles. The summed E-state index contributed by atoms with van der Waals surface area (Å²) in [6.07, 6.45) is 5.55. The second-order valence-electron chi connectivity index (χ2n) is 4.62. The van der Waals surface area contributed by atoms with Crippen molar-refractivity contribution in [2.75, 3.05) is 20.2 Å². The van der Waals surface area contributed by atoms with Crippen LogP contribution >= 0.6 is 0 Å². The minimum absolute atomic E-state index is 0.0113. The maximum atomic E-state index is 11.7. The Hall–Kier alpha value is -1.59. The van der Waals surface area contributed by atoms with Gasteiger partial charge in [-0.2, -0.15) is 5.10 Å². The van der Waals surface area contributed by atoms with E-state index in [4.69, 9.17) is 0 Å². The highest BCUT2D eigenvalue weighted by molar-refractivity contribution is 6.06. The lowest BCUT2D eigenvalue weighted by Crippen LogP contribution is -2.28. The van der Waals surface area contributed by atoms with Gasteiger partial charge >= 0.3 is 6.09 Å². The average molecular weight is 269 g/mol. The first-order chi connectivity index (χ1) is 9.17. The summed E-state index contributed by atoms with van der Waals surface area (Å²) in [5.41, 5.74) is 0.684. The fourth-order valence-corrected chi connectivity index (χ4v) is 1.91. The Morgan fingerprint density at radius 2 is 2.11 bits per heavy atom.